The van der Waals surface area contributed by atoms with Crippen LogP contribution >= 0.6 is 0 Å². The molecule has 17 heavy (non-hydrogen) atoms. The monoisotopic (exact) mass is 233 g/mol. The molecule has 0 bridgehead atoms. The van der Waals surface area contributed by atoms with Gasteiger partial charge >= 0.3 is 0 Å². The number of hydrogen-bond acceptors (Lipinski definition) is 3. The van der Waals surface area contributed by atoms with E-state index in [1.54, 1.807) is 6.07 Å². The van der Waals surface area contributed by atoms with Gasteiger partial charge in [0.2, 0.25) is 0 Å². The highest BCUT2D eigenvalue weighted by molar-refractivity contribution is 5.37. The van der Waals surface area contributed by atoms with Gasteiger partial charge in [-0.3, -0.25) is 4.90 Å². The van der Waals surface area contributed by atoms with E-state index in [4.69, 9.17) is 5.26 Å². The van der Waals surface area contributed by atoms with Crippen molar-refractivity contribution in [3.63, 3.8) is 0 Å². The Bertz CT molecular complexity index is 433. The van der Waals surface area contributed by atoms with Crippen LogP contribution < -0.4 is 5.32 Å². The molecule has 4 heteroatoms. The van der Waals surface area contributed by atoms with E-state index in [2.05, 4.69) is 16.3 Å². The van der Waals surface area contributed by atoms with E-state index >= 15 is 0 Å². The number of nitriles is 1. The number of hydrogen-bond donors (Lipinski definition) is 1. The van der Waals surface area contributed by atoms with Gasteiger partial charge in [0.25, 0.3) is 0 Å². The first-order valence-corrected chi connectivity index (χ1v) is 5.80. The summed E-state index contributed by atoms with van der Waals surface area (Å²) in [5.74, 6) is -0.281. The second kappa shape index (κ2) is 5.26. The standard InChI is InChI=1S/C13H16FN3/c1-17(13-4-5-16-8-13)9-11-6-12(14)3-2-10(11)7-15/h2-3,6,13,16H,4-5,8-9H2,1H3. The summed E-state index contributed by atoms with van der Waals surface area (Å²) in [5.41, 5.74) is 1.33. The Labute approximate surface area is 101 Å². The minimum atomic E-state index is -0.281. The predicted octanol–water partition coefficient (Wildman–Crippen LogP) is 1.49. The summed E-state index contributed by atoms with van der Waals surface area (Å²) in [6.07, 6.45) is 1.10. The average molecular weight is 233 g/mol. The maximum Gasteiger partial charge on any atom is 0.123 e. The molecule has 1 fully saturated rings. The number of rotatable bonds is 3. The van der Waals surface area contributed by atoms with Crippen molar-refractivity contribution in [2.75, 3.05) is 20.1 Å². The molecule has 0 spiro atoms. The van der Waals surface area contributed by atoms with Gasteiger partial charge in [0, 0.05) is 19.1 Å². The normalized spacial score (nSPS) is 19.5. The zero-order valence-electron chi connectivity index (χ0n) is 9.91. The summed E-state index contributed by atoms with van der Waals surface area (Å²) >= 11 is 0. The molecule has 0 aromatic heterocycles. The van der Waals surface area contributed by atoms with Gasteiger partial charge in [-0.25, -0.2) is 4.39 Å². The zero-order chi connectivity index (χ0) is 12.3. The molecule has 1 atom stereocenters. The topological polar surface area (TPSA) is 39.1 Å². The smallest absolute Gasteiger partial charge is 0.123 e. The molecule has 1 N–H and O–H groups in total. The van der Waals surface area contributed by atoms with Gasteiger partial charge in [-0.05, 0) is 43.8 Å². The third-order valence-electron chi connectivity index (χ3n) is 3.27. The largest absolute Gasteiger partial charge is 0.315 e. The molecule has 1 aliphatic heterocycles. The molecular formula is C13H16FN3. The molecular weight excluding hydrogens is 217 g/mol. The van der Waals surface area contributed by atoms with E-state index < -0.39 is 0 Å². The van der Waals surface area contributed by atoms with E-state index in [0.29, 0.717) is 18.2 Å². The molecule has 2 rings (SSSR count). The van der Waals surface area contributed by atoms with Crippen LogP contribution in [0.15, 0.2) is 18.2 Å². The van der Waals surface area contributed by atoms with Gasteiger partial charge in [0.05, 0.1) is 11.6 Å². The van der Waals surface area contributed by atoms with E-state index in [1.165, 1.54) is 12.1 Å². The third kappa shape index (κ3) is 2.82. The van der Waals surface area contributed by atoms with Crippen LogP contribution in [0.2, 0.25) is 0 Å². The molecule has 1 unspecified atom stereocenters. The summed E-state index contributed by atoms with van der Waals surface area (Å²) < 4.78 is 13.2. The quantitative estimate of drug-likeness (QED) is 0.859. The van der Waals surface area contributed by atoms with Gasteiger partial charge in [-0.2, -0.15) is 5.26 Å². The van der Waals surface area contributed by atoms with Gasteiger partial charge in [0.1, 0.15) is 5.82 Å². The number of likely N-dealkylation sites (N-methyl/N-ethyl adjacent to an activating group) is 1. The highest BCUT2D eigenvalue weighted by atomic mass is 19.1. The number of nitrogens with one attached hydrogen (secondary N) is 1. The third-order valence-corrected chi connectivity index (χ3v) is 3.27. The van der Waals surface area contributed by atoms with Crippen molar-refractivity contribution in [3.05, 3.63) is 35.1 Å². The fourth-order valence-corrected chi connectivity index (χ4v) is 2.22. The number of halogens is 1. The summed E-state index contributed by atoms with van der Waals surface area (Å²) in [6.45, 7) is 2.62. The van der Waals surface area contributed by atoms with Gasteiger partial charge in [0.15, 0.2) is 0 Å². The van der Waals surface area contributed by atoms with E-state index in [0.717, 1.165) is 25.1 Å². The van der Waals surface area contributed by atoms with Crippen LogP contribution in [0.3, 0.4) is 0 Å². The summed E-state index contributed by atoms with van der Waals surface area (Å²) in [6, 6.07) is 6.92. The van der Waals surface area contributed by atoms with Crippen molar-refractivity contribution in [2.45, 2.75) is 19.0 Å². The Hall–Kier alpha value is -1.44. The molecule has 3 nitrogen and oxygen atoms in total. The lowest BCUT2D eigenvalue weighted by Gasteiger charge is -2.23. The van der Waals surface area contributed by atoms with Crippen molar-refractivity contribution in [2.24, 2.45) is 0 Å². The first-order chi connectivity index (χ1) is 8.20. The zero-order valence-corrected chi connectivity index (χ0v) is 9.91. The summed E-state index contributed by atoms with van der Waals surface area (Å²) in [5, 5.41) is 12.3. The van der Waals surface area contributed by atoms with Crippen molar-refractivity contribution < 1.29 is 4.39 Å². The first-order valence-electron chi connectivity index (χ1n) is 5.80. The SMILES string of the molecule is CN(Cc1cc(F)ccc1C#N)C1CCNC1. The fourth-order valence-electron chi connectivity index (χ4n) is 2.22. The minimum Gasteiger partial charge on any atom is -0.315 e. The van der Waals surface area contributed by atoms with Crippen LogP contribution in [0.5, 0.6) is 0 Å². The van der Waals surface area contributed by atoms with Crippen LogP contribution in [0.25, 0.3) is 0 Å². The molecule has 0 aliphatic carbocycles. The van der Waals surface area contributed by atoms with Crippen molar-refractivity contribution in [1.82, 2.24) is 10.2 Å². The summed E-state index contributed by atoms with van der Waals surface area (Å²) in [4.78, 5) is 2.18. The van der Waals surface area contributed by atoms with Gasteiger partial charge in [-0.1, -0.05) is 0 Å². The van der Waals surface area contributed by atoms with E-state index in [1.807, 2.05) is 7.05 Å². The number of nitrogens with zero attached hydrogens (tertiary/aromatic N) is 2. The van der Waals surface area contributed by atoms with Crippen molar-refractivity contribution in [1.29, 1.82) is 5.26 Å². The predicted molar refractivity (Wildman–Crippen MR) is 63.9 cm³/mol. The molecule has 1 aromatic rings. The molecule has 1 heterocycles. The van der Waals surface area contributed by atoms with Crippen molar-refractivity contribution in [3.8, 4) is 6.07 Å². The first kappa shape index (κ1) is 12.0. The minimum absolute atomic E-state index is 0.281. The lowest BCUT2D eigenvalue weighted by molar-refractivity contribution is 0.248. The van der Waals surface area contributed by atoms with Crippen LogP contribution in [-0.2, 0) is 6.54 Å². The number of benzene rings is 1. The summed E-state index contributed by atoms with van der Waals surface area (Å²) in [7, 11) is 2.02. The Kier molecular flexibility index (Phi) is 3.72. The highest BCUT2D eigenvalue weighted by Crippen LogP contribution is 2.15. The molecule has 1 aliphatic rings. The average Bonchev–Trinajstić information content (AvgIpc) is 2.83. The van der Waals surface area contributed by atoms with E-state index in [9.17, 15) is 4.39 Å². The Balaban J connectivity index is 2.11. The second-order valence-corrected chi connectivity index (χ2v) is 4.48. The van der Waals surface area contributed by atoms with Crippen LogP contribution in [0, 0.1) is 17.1 Å². The lowest BCUT2D eigenvalue weighted by Crippen LogP contribution is -2.33. The molecule has 0 saturated carbocycles. The lowest BCUT2D eigenvalue weighted by atomic mass is 10.1. The molecule has 0 amide bonds. The van der Waals surface area contributed by atoms with Crippen molar-refractivity contribution >= 4 is 0 Å². The Morgan fingerprint density at radius 3 is 3.06 bits per heavy atom. The molecule has 90 valence electrons. The molecule has 1 saturated heterocycles. The van der Waals surface area contributed by atoms with E-state index in [-0.39, 0.29) is 5.82 Å². The highest BCUT2D eigenvalue weighted by Gasteiger charge is 2.19. The van der Waals surface area contributed by atoms with Crippen LogP contribution in [0.1, 0.15) is 17.5 Å². The second-order valence-electron chi connectivity index (χ2n) is 4.48. The maximum atomic E-state index is 13.2. The maximum absolute atomic E-state index is 13.2. The van der Waals surface area contributed by atoms with Gasteiger partial charge in [-0.15, -0.1) is 0 Å². The Morgan fingerprint density at radius 2 is 2.41 bits per heavy atom. The van der Waals surface area contributed by atoms with Gasteiger partial charge < -0.3 is 5.32 Å². The molecule has 0 radical (unpaired) electrons. The van der Waals surface area contributed by atoms with Crippen LogP contribution in [0.4, 0.5) is 4.39 Å². The fraction of sp³-hybridized carbons (Fsp3) is 0.462. The van der Waals surface area contributed by atoms with Crippen LogP contribution in [-0.4, -0.2) is 31.1 Å². The molecule has 1 aromatic carbocycles. The Morgan fingerprint density at radius 1 is 1.59 bits per heavy atom.